The Balaban J connectivity index is 2.53. The zero-order valence-electron chi connectivity index (χ0n) is 12.8. The van der Waals surface area contributed by atoms with Crippen LogP contribution < -0.4 is 10.5 Å². The summed E-state index contributed by atoms with van der Waals surface area (Å²) in [6.45, 7) is 6.97. The Morgan fingerprint density at radius 3 is 2.62 bits per heavy atom. The van der Waals surface area contributed by atoms with Gasteiger partial charge in [0.25, 0.3) is 0 Å². The van der Waals surface area contributed by atoms with Gasteiger partial charge in [0.2, 0.25) is 6.41 Å². The molecular weight excluding hydrogens is 302 g/mol. The number of hydrogen-bond donors (Lipinski definition) is 2. The van der Waals surface area contributed by atoms with Crippen LogP contribution in [0.4, 0.5) is 0 Å². The van der Waals surface area contributed by atoms with Crippen molar-refractivity contribution in [2.24, 2.45) is 0 Å². The van der Waals surface area contributed by atoms with Gasteiger partial charge in [0.05, 0.1) is 8.07 Å². The van der Waals surface area contributed by atoms with E-state index in [1.807, 2.05) is 6.07 Å². The fourth-order valence-corrected chi connectivity index (χ4v) is 5.00. The highest BCUT2D eigenvalue weighted by atomic mass is 32.2. The molecule has 1 rings (SSSR count). The van der Waals surface area contributed by atoms with Crippen LogP contribution in [0, 0.1) is 0 Å². The highest BCUT2D eigenvalue weighted by Gasteiger charge is 2.20. The Kier molecular flexibility index (Phi) is 6.97. The molecule has 1 atom stereocenters. The van der Waals surface area contributed by atoms with E-state index in [0.29, 0.717) is 18.6 Å². The number of carbonyl (C=O) groups excluding carboxylic acids is 1. The summed E-state index contributed by atoms with van der Waals surface area (Å²) in [6, 6.07) is 7.70. The maximum absolute atomic E-state index is 10.9. The van der Waals surface area contributed by atoms with Crippen molar-refractivity contribution in [1.82, 2.24) is 5.32 Å². The van der Waals surface area contributed by atoms with Crippen molar-refractivity contribution >= 4 is 37.4 Å². The predicted molar refractivity (Wildman–Crippen MR) is 90.8 cm³/mol. The normalized spacial score (nSPS) is 12.7. The molecular formula is C15H23NO3SSi. The summed E-state index contributed by atoms with van der Waals surface area (Å²) in [5.74, 6) is 0.608. The largest absolute Gasteiger partial charge is 0.480 e. The van der Waals surface area contributed by atoms with Crippen LogP contribution >= 0.6 is 11.8 Å². The van der Waals surface area contributed by atoms with Crippen molar-refractivity contribution in [3.05, 3.63) is 29.8 Å². The van der Waals surface area contributed by atoms with E-state index >= 15 is 0 Å². The van der Waals surface area contributed by atoms with Crippen LogP contribution in [0.3, 0.4) is 0 Å². The van der Waals surface area contributed by atoms with Crippen molar-refractivity contribution in [3.63, 3.8) is 0 Å². The third-order valence-electron chi connectivity index (χ3n) is 3.20. The molecule has 0 radical (unpaired) electrons. The smallest absolute Gasteiger partial charge is 0.326 e. The maximum Gasteiger partial charge on any atom is 0.326 e. The van der Waals surface area contributed by atoms with Crippen molar-refractivity contribution in [2.45, 2.75) is 37.9 Å². The molecule has 1 unspecified atom stereocenters. The van der Waals surface area contributed by atoms with Crippen LogP contribution in [0.5, 0.6) is 0 Å². The standard InChI is InChI=1S/C15H23NO3SSi/c1-21(2,3)14-7-5-4-6-12(14)10-20-9-8-13(15(18)19)16-11-17/h4-7,11,13H,8-10H2,1-3H3,(H,16,17)(H,18,19). The number of carboxylic acid groups (broad SMARTS) is 1. The SMILES string of the molecule is C[Si](C)(C)c1ccccc1CSCCC(NC=O)C(=O)O. The lowest BCUT2D eigenvalue weighted by molar-refractivity contribution is -0.140. The van der Waals surface area contributed by atoms with E-state index in [9.17, 15) is 9.59 Å². The number of benzene rings is 1. The van der Waals surface area contributed by atoms with Crippen molar-refractivity contribution < 1.29 is 14.7 Å². The third kappa shape index (κ3) is 5.93. The number of rotatable bonds is 9. The first-order chi connectivity index (χ1) is 9.86. The Labute approximate surface area is 131 Å². The minimum atomic E-state index is -1.36. The fourth-order valence-electron chi connectivity index (χ4n) is 2.12. The maximum atomic E-state index is 10.9. The molecule has 21 heavy (non-hydrogen) atoms. The summed E-state index contributed by atoms with van der Waals surface area (Å²) in [6.07, 6.45) is 0.887. The van der Waals surface area contributed by atoms with E-state index in [0.717, 1.165) is 5.75 Å². The average molecular weight is 326 g/mol. The van der Waals surface area contributed by atoms with Gasteiger partial charge in [-0.2, -0.15) is 11.8 Å². The van der Waals surface area contributed by atoms with Gasteiger partial charge in [-0.1, -0.05) is 49.1 Å². The van der Waals surface area contributed by atoms with Crippen LogP contribution in [0.2, 0.25) is 19.6 Å². The molecule has 0 fully saturated rings. The minimum absolute atomic E-state index is 0.438. The van der Waals surface area contributed by atoms with Gasteiger partial charge in [0, 0.05) is 5.75 Å². The van der Waals surface area contributed by atoms with Crippen LogP contribution in [0.25, 0.3) is 0 Å². The van der Waals surface area contributed by atoms with Crippen LogP contribution in [-0.4, -0.2) is 37.4 Å². The van der Waals surface area contributed by atoms with Gasteiger partial charge in [0.15, 0.2) is 0 Å². The number of amides is 1. The number of carbonyl (C=O) groups is 2. The van der Waals surface area contributed by atoms with Gasteiger partial charge in [-0.15, -0.1) is 0 Å². The van der Waals surface area contributed by atoms with E-state index in [1.54, 1.807) is 11.8 Å². The first-order valence-corrected chi connectivity index (χ1v) is 11.6. The van der Waals surface area contributed by atoms with E-state index in [2.05, 4.69) is 43.2 Å². The summed E-state index contributed by atoms with van der Waals surface area (Å²) in [5, 5.41) is 12.7. The monoisotopic (exact) mass is 325 g/mol. The van der Waals surface area contributed by atoms with Gasteiger partial charge < -0.3 is 10.4 Å². The van der Waals surface area contributed by atoms with Gasteiger partial charge in [-0.25, -0.2) is 4.79 Å². The molecule has 0 aliphatic carbocycles. The van der Waals surface area contributed by atoms with Gasteiger partial charge in [-0.3, -0.25) is 4.79 Å². The Hall–Kier alpha value is -1.27. The van der Waals surface area contributed by atoms with E-state index in [4.69, 9.17) is 5.11 Å². The lowest BCUT2D eigenvalue weighted by Crippen LogP contribution is -2.39. The zero-order chi connectivity index (χ0) is 15.9. The Morgan fingerprint density at radius 1 is 1.38 bits per heavy atom. The van der Waals surface area contributed by atoms with Crippen LogP contribution in [0.1, 0.15) is 12.0 Å². The first kappa shape index (κ1) is 17.8. The number of carboxylic acids is 1. The summed E-state index contributed by atoms with van der Waals surface area (Å²) in [5.41, 5.74) is 1.34. The van der Waals surface area contributed by atoms with Gasteiger partial charge >= 0.3 is 5.97 Å². The molecule has 6 heteroatoms. The number of thioether (sulfide) groups is 1. The lowest BCUT2D eigenvalue weighted by Gasteiger charge is -2.21. The second-order valence-corrected chi connectivity index (χ2v) is 12.1. The molecule has 0 saturated carbocycles. The zero-order valence-corrected chi connectivity index (χ0v) is 14.6. The molecule has 0 bridgehead atoms. The second kappa shape index (κ2) is 8.24. The first-order valence-electron chi connectivity index (χ1n) is 6.95. The molecule has 2 N–H and O–H groups in total. The number of aliphatic carboxylic acids is 1. The minimum Gasteiger partial charge on any atom is -0.480 e. The summed E-state index contributed by atoms with van der Waals surface area (Å²) < 4.78 is 0. The summed E-state index contributed by atoms with van der Waals surface area (Å²) >= 11 is 1.71. The molecule has 0 aliphatic rings. The van der Waals surface area contributed by atoms with Gasteiger partial charge in [-0.05, 0) is 17.7 Å². The Morgan fingerprint density at radius 2 is 2.05 bits per heavy atom. The van der Waals surface area contributed by atoms with Crippen molar-refractivity contribution in [3.8, 4) is 0 Å². The third-order valence-corrected chi connectivity index (χ3v) is 6.34. The molecule has 0 spiro atoms. The highest BCUT2D eigenvalue weighted by Crippen LogP contribution is 2.15. The van der Waals surface area contributed by atoms with E-state index < -0.39 is 20.1 Å². The second-order valence-electron chi connectivity index (χ2n) is 5.92. The Bertz CT molecular complexity index is 488. The number of hydrogen-bond acceptors (Lipinski definition) is 3. The molecule has 0 saturated heterocycles. The summed E-state index contributed by atoms with van der Waals surface area (Å²) in [7, 11) is -1.36. The summed E-state index contributed by atoms with van der Waals surface area (Å²) in [4.78, 5) is 21.3. The number of nitrogens with one attached hydrogen (secondary N) is 1. The molecule has 0 heterocycles. The van der Waals surface area contributed by atoms with E-state index in [1.165, 1.54) is 10.8 Å². The molecule has 4 nitrogen and oxygen atoms in total. The predicted octanol–water partition coefficient (Wildman–Crippen LogP) is 2.05. The fraction of sp³-hybridized carbons (Fsp3) is 0.467. The van der Waals surface area contributed by atoms with Crippen molar-refractivity contribution in [2.75, 3.05) is 5.75 Å². The van der Waals surface area contributed by atoms with Crippen molar-refractivity contribution in [1.29, 1.82) is 0 Å². The molecule has 0 aromatic heterocycles. The molecule has 0 aliphatic heterocycles. The van der Waals surface area contributed by atoms with Crippen LogP contribution in [-0.2, 0) is 15.3 Å². The lowest BCUT2D eigenvalue weighted by atomic mass is 10.2. The van der Waals surface area contributed by atoms with Gasteiger partial charge in [0.1, 0.15) is 6.04 Å². The van der Waals surface area contributed by atoms with Crippen LogP contribution in [0.15, 0.2) is 24.3 Å². The van der Waals surface area contributed by atoms with E-state index in [-0.39, 0.29) is 0 Å². The molecule has 1 amide bonds. The molecule has 1 aromatic carbocycles. The topological polar surface area (TPSA) is 66.4 Å². The molecule has 116 valence electrons. The quantitative estimate of drug-likeness (QED) is 0.414. The highest BCUT2D eigenvalue weighted by molar-refractivity contribution is 7.98. The average Bonchev–Trinajstić information content (AvgIpc) is 2.41. The molecule has 1 aromatic rings.